The molecule has 41 heavy (non-hydrogen) atoms. The lowest BCUT2D eigenvalue weighted by atomic mass is 9.90. The Morgan fingerprint density at radius 1 is 1.17 bits per heavy atom. The van der Waals surface area contributed by atoms with Crippen LogP contribution in [0.15, 0.2) is 48.8 Å². The first-order valence-electron chi connectivity index (χ1n) is 14.0. The molecule has 3 fully saturated rings. The van der Waals surface area contributed by atoms with Crippen molar-refractivity contribution in [3.63, 3.8) is 0 Å². The van der Waals surface area contributed by atoms with Gasteiger partial charge in [-0.1, -0.05) is 13.0 Å². The molecule has 0 amide bonds. The number of likely N-dealkylation sites (tertiary alicyclic amines) is 1. The van der Waals surface area contributed by atoms with Gasteiger partial charge in [-0.15, -0.1) is 0 Å². The molecular weight excluding hydrogens is 527 g/mol. The molecule has 2 aromatic carbocycles. The van der Waals surface area contributed by atoms with Gasteiger partial charge in [-0.3, -0.25) is 9.69 Å². The molecule has 3 aliphatic heterocycles. The molecule has 1 N–H and O–H groups in total. The minimum Gasteiger partial charge on any atom is -0.492 e. The third-order valence-electron chi connectivity index (χ3n) is 7.79. The van der Waals surface area contributed by atoms with E-state index in [0.717, 1.165) is 24.0 Å². The van der Waals surface area contributed by atoms with Crippen LogP contribution in [0.2, 0.25) is 0 Å². The number of nitrogens with one attached hydrogen (secondary N) is 1. The molecule has 1 aromatic heterocycles. The molecule has 0 unspecified atom stereocenters. The van der Waals surface area contributed by atoms with Gasteiger partial charge in [0, 0.05) is 54.2 Å². The van der Waals surface area contributed by atoms with Crippen LogP contribution in [0.1, 0.15) is 18.1 Å². The molecule has 3 saturated heterocycles. The molecule has 4 heterocycles. The van der Waals surface area contributed by atoms with Crippen LogP contribution >= 0.6 is 0 Å². The lowest BCUT2D eigenvalue weighted by Crippen LogP contribution is -2.44. The highest BCUT2D eigenvalue weighted by Crippen LogP contribution is 2.33. The molecule has 0 spiro atoms. The standard InChI is InChI=1S/C31H35FN4O5/c1-20-10-22(5-6-25(20)32)35-30-24-12-21(27(13-26(24)33-19-34-30)41-18-31(2)16-38-17-31)11-23(37)4-3-7-36-14-28-29(15-36)40-9-8-39-28/h3-6,10,12-13,19,28-29H,7-9,11,14-18H2,1-2H3,(H,33,34,35)/b4-3+/t28-,29-/m0/s1. The highest BCUT2D eigenvalue weighted by atomic mass is 19.1. The SMILES string of the molecule is Cc1cc(Nc2ncnc3cc(OCC4(C)COC4)c(CC(=O)/C=C/CN4C[C@@H]5OCCO[C@H]5C4)cc23)ccc1F. The Morgan fingerprint density at radius 2 is 1.95 bits per heavy atom. The molecule has 9 nitrogen and oxygen atoms in total. The number of hydrogen-bond donors (Lipinski definition) is 1. The Labute approximate surface area is 238 Å². The van der Waals surface area contributed by atoms with Crippen LogP contribution in [0, 0.1) is 18.2 Å². The van der Waals surface area contributed by atoms with Gasteiger partial charge in [0.1, 0.15) is 23.7 Å². The number of ether oxygens (including phenoxy) is 4. The summed E-state index contributed by atoms with van der Waals surface area (Å²) in [5.41, 5.74) is 2.61. The number of fused-ring (bicyclic) bond motifs is 2. The van der Waals surface area contributed by atoms with E-state index in [1.807, 2.05) is 18.2 Å². The van der Waals surface area contributed by atoms with Crippen LogP contribution in [-0.4, -0.2) is 85.5 Å². The molecule has 2 atom stereocenters. The normalized spacial score (nSPS) is 22.0. The van der Waals surface area contributed by atoms with Crippen molar-refractivity contribution in [3.05, 3.63) is 65.8 Å². The monoisotopic (exact) mass is 562 g/mol. The van der Waals surface area contributed by atoms with Crippen LogP contribution in [0.5, 0.6) is 5.75 Å². The van der Waals surface area contributed by atoms with Crippen molar-refractivity contribution >= 4 is 28.2 Å². The third kappa shape index (κ3) is 6.41. The van der Waals surface area contributed by atoms with Crippen molar-refractivity contribution in [2.24, 2.45) is 5.41 Å². The Kier molecular flexibility index (Phi) is 7.99. The summed E-state index contributed by atoms with van der Waals surface area (Å²) in [5, 5.41) is 4.02. The van der Waals surface area contributed by atoms with E-state index in [-0.39, 0.29) is 35.6 Å². The van der Waals surface area contributed by atoms with Crippen LogP contribution in [0.4, 0.5) is 15.9 Å². The number of hydrogen-bond acceptors (Lipinski definition) is 9. The number of benzene rings is 2. The first-order chi connectivity index (χ1) is 19.8. The Bertz CT molecular complexity index is 1450. The zero-order chi connectivity index (χ0) is 28.4. The number of carbonyl (C=O) groups excluding carboxylic acids is 1. The van der Waals surface area contributed by atoms with Gasteiger partial charge in [-0.25, -0.2) is 14.4 Å². The zero-order valence-corrected chi connectivity index (χ0v) is 23.4. The number of allylic oxidation sites excluding steroid dienone is 1. The van der Waals surface area contributed by atoms with Gasteiger partial charge < -0.3 is 24.3 Å². The predicted molar refractivity (Wildman–Crippen MR) is 152 cm³/mol. The maximum absolute atomic E-state index is 13.8. The number of carbonyl (C=O) groups is 1. The molecule has 216 valence electrons. The summed E-state index contributed by atoms with van der Waals surface area (Å²) in [4.78, 5) is 24.3. The van der Waals surface area contributed by atoms with Crippen LogP contribution in [-0.2, 0) is 25.4 Å². The number of anilines is 2. The number of aromatic nitrogens is 2. The lowest BCUT2D eigenvalue weighted by Gasteiger charge is -2.37. The number of ketones is 1. The maximum atomic E-state index is 13.8. The van der Waals surface area contributed by atoms with Crippen molar-refractivity contribution in [3.8, 4) is 5.75 Å². The van der Waals surface area contributed by atoms with E-state index in [4.69, 9.17) is 18.9 Å². The smallest absolute Gasteiger partial charge is 0.159 e. The molecular formula is C31H35FN4O5. The highest BCUT2D eigenvalue weighted by Gasteiger charge is 2.36. The van der Waals surface area contributed by atoms with E-state index in [1.54, 1.807) is 25.1 Å². The first-order valence-corrected chi connectivity index (χ1v) is 14.0. The largest absolute Gasteiger partial charge is 0.492 e. The zero-order valence-electron chi connectivity index (χ0n) is 23.4. The second kappa shape index (κ2) is 11.8. The second-order valence-corrected chi connectivity index (χ2v) is 11.5. The summed E-state index contributed by atoms with van der Waals surface area (Å²) < 4.78 is 37.0. The Balaban J connectivity index is 1.21. The predicted octanol–water partition coefficient (Wildman–Crippen LogP) is 4.00. The summed E-state index contributed by atoms with van der Waals surface area (Å²) in [7, 11) is 0. The topological polar surface area (TPSA) is 95.0 Å². The Hall–Kier alpha value is -3.44. The van der Waals surface area contributed by atoms with E-state index in [0.29, 0.717) is 67.9 Å². The fourth-order valence-electron chi connectivity index (χ4n) is 5.41. The number of nitrogens with zero attached hydrogens (tertiary/aromatic N) is 3. The summed E-state index contributed by atoms with van der Waals surface area (Å²) in [5.74, 6) is 0.884. The van der Waals surface area contributed by atoms with Crippen LogP contribution in [0.3, 0.4) is 0 Å². The van der Waals surface area contributed by atoms with Crippen molar-refractivity contribution in [2.45, 2.75) is 32.5 Å². The Morgan fingerprint density at radius 3 is 2.66 bits per heavy atom. The summed E-state index contributed by atoms with van der Waals surface area (Å²) in [6.45, 7) is 9.12. The van der Waals surface area contributed by atoms with Crippen LogP contribution in [0.25, 0.3) is 10.9 Å². The van der Waals surface area contributed by atoms with E-state index in [1.165, 1.54) is 12.4 Å². The minimum absolute atomic E-state index is 0.0305. The molecule has 6 rings (SSSR count). The van der Waals surface area contributed by atoms with Crippen molar-refractivity contribution in [2.75, 3.05) is 58.0 Å². The van der Waals surface area contributed by atoms with E-state index >= 15 is 0 Å². The molecule has 3 aliphatic rings. The van der Waals surface area contributed by atoms with Gasteiger partial charge in [0.15, 0.2) is 5.78 Å². The third-order valence-corrected chi connectivity index (χ3v) is 7.79. The van der Waals surface area contributed by atoms with Crippen LogP contribution < -0.4 is 10.1 Å². The lowest BCUT2D eigenvalue weighted by molar-refractivity contribution is -0.120. The highest BCUT2D eigenvalue weighted by molar-refractivity contribution is 5.96. The van der Waals surface area contributed by atoms with E-state index < -0.39 is 0 Å². The molecule has 0 bridgehead atoms. The quantitative estimate of drug-likeness (QED) is 0.368. The maximum Gasteiger partial charge on any atom is 0.159 e. The minimum atomic E-state index is -0.269. The van der Waals surface area contributed by atoms with Gasteiger partial charge in [0.2, 0.25) is 0 Å². The fourth-order valence-corrected chi connectivity index (χ4v) is 5.41. The van der Waals surface area contributed by atoms with Gasteiger partial charge in [0.05, 0.1) is 50.8 Å². The van der Waals surface area contributed by atoms with Gasteiger partial charge in [-0.2, -0.15) is 0 Å². The fraction of sp³-hybridized carbons (Fsp3) is 0.452. The van der Waals surface area contributed by atoms with Crippen molar-refractivity contribution in [1.29, 1.82) is 0 Å². The number of halogens is 1. The molecule has 0 aliphatic carbocycles. The van der Waals surface area contributed by atoms with Gasteiger partial charge in [0.25, 0.3) is 0 Å². The molecule has 0 saturated carbocycles. The van der Waals surface area contributed by atoms with E-state index in [2.05, 4.69) is 27.1 Å². The van der Waals surface area contributed by atoms with E-state index in [9.17, 15) is 9.18 Å². The summed E-state index contributed by atoms with van der Waals surface area (Å²) in [6.07, 6.45) is 5.40. The first kappa shape index (κ1) is 27.7. The molecule has 10 heteroatoms. The molecule has 0 radical (unpaired) electrons. The molecule has 3 aromatic rings. The van der Waals surface area contributed by atoms with Crippen molar-refractivity contribution < 1.29 is 28.1 Å². The van der Waals surface area contributed by atoms with Gasteiger partial charge >= 0.3 is 0 Å². The van der Waals surface area contributed by atoms with Crippen molar-refractivity contribution in [1.82, 2.24) is 14.9 Å². The summed E-state index contributed by atoms with van der Waals surface area (Å²) >= 11 is 0. The number of rotatable bonds is 10. The van der Waals surface area contributed by atoms with Gasteiger partial charge in [-0.05, 0) is 42.8 Å². The average molecular weight is 563 g/mol. The number of aryl methyl sites for hydroxylation is 1. The average Bonchev–Trinajstić information content (AvgIpc) is 3.36. The second-order valence-electron chi connectivity index (χ2n) is 11.5. The summed E-state index contributed by atoms with van der Waals surface area (Å²) in [6, 6.07) is 8.58.